The first kappa shape index (κ1) is 13.1. The van der Waals surface area contributed by atoms with Crippen LogP contribution in [0, 0.1) is 0 Å². The molecular weight excluding hydrogens is 270 g/mol. The Kier molecular flexibility index (Phi) is 3.29. The minimum absolute atomic E-state index is 0.0423. The Balaban J connectivity index is 1.26. The number of urea groups is 1. The number of carbonyl (C=O) groups excluding carboxylic acids is 1. The van der Waals surface area contributed by atoms with Crippen LogP contribution < -0.4 is 5.32 Å². The summed E-state index contributed by atoms with van der Waals surface area (Å²) in [5, 5.41) is 11.5. The summed E-state index contributed by atoms with van der Waals surface area (Å²) in [6.45, 7) is 2.94. The molecule has 7 heteroatoms. The number of ether oxygens (including phenoxy) is 1. The van der Waals surface area contributed by atoms with Crippen LogP contribution in [0.1, 0.15) is 43.3 Å². The van der Waals surface area contributed by atoms with Gasteiger partial charge in [-0.2, -0.15) is 0 Å². The third-order valence-corrected chi connectivity index (χ3v) is 4.60. The first-order valence-electron chi connectivity index (χ1n) is 7.84. The Bertz CT molecular complexity index is 515. The zero-order valence-corrected chi connectivity index (χ0v) is 12.1. The van der Waals surface area contributed by atoms with Crippen molar-refractivity contribution in [2.75, 3.05) is 26.3 Å². The topological polar surface area (TPSA) is 72.3 Å². The van der Waals surface area contributed by atoms with Crippen molar-refractivity contribution in [3.63, 3.8) is 0 Å². The number of aromatic nitrogens is 3. The van der Waals surface area contributed by atoms with E-state index in [0.29, 0.717) is 5.92 Å². The van der Waals surface area contributed by atoms with Crippen molar-refractivity contribution < 1.29 is 9.53 Å². The number of carbonyl (C=O) groups is 1. The number of amides is 2. The van der Waals surface area contributed by atoms with Crippen LogP contribution in [0.15, 0.2) is 6.20 Å². The van der Waals surface area contributed by atoms with Crippen LogP contribution in [0.25, 0.3) is 0 Å². The van der Waals surface area contributed by atoms with Crippen LogP contribution in [0.4, 0.5) is 4.79 Å². The van der Waals surface area contributed by atoms with Gasteiger partial charge >= 0.3 is 6.03 Å². The summed E-state index contributed by atoms with van der Waals surface area (Å²) in [6.07, 6.45) is 6.36. The Morgan fingerprint density at radius 1 is 1.24 bits per heavy atom. The summed E-state index contributed by atoms with van der Waals surface area (Å²) in [6, 6.07) is 0.587. The predicted molar refractivity (Wildman–Crippen MR) is 75.0 cm³/mol. The van der Waals surface area contributed by atoms with Gasteiger partial charge in [0.15, 0.2) is 0 Å². The molecule has 3 aliphatic rings. The molecule has 2 aliphatic heterocycles. The number of nitrogens with one attached hydrogen (secondary N) is 1. The summed E-state index contributed by atoms with van der Waals surface area (Å²) in [4.78, 5) is 14.0. The van der Waals surface area contributed by atoms with Crippen molar-refractivity contribution in [2.24, 2.45) is 0 Å². The van der Waals surface area contributed by atoms with Gasteiger partial charge in [0.2, 0.25) is 0 Å². The van der Waals surface area contributed by atoms with Crippen LogP contribution in [-0.4, -0.2) is 58.3 Å². The van der Waals surface area contributed by atoms with Gasteiger partial charge in [-0.25, -0.2) is 9.48 Å². The molecule has 3 fully saturated rings. The van der Waals surface area contributed by atoms with Crippen LogP contribution in [0.2, 0.25) is 0 Å². The van der Waals surface area contributed by atoms with Gasteiger partial charge in [-0.3, -0.25) is 0 Å². The molecule has 114 valence electrons. The lowest BCUT2D eigenvalue weighted by molar-refractivity contribution is 0.0722. The Morgan fingerprint density at radius 3 is 2.71 bits per heavy atom. The molecule has 2 saturated heterocycles. The minimum atomic E-state index is 0.0423. The highest BCUT2D eigenvalue weighted by Gasteiger charge is 2.35. The van der Waals surface area contributed by atoms with E-state index in [-0.39, 0.29) is 18.1 Å². The maximum atomic E-state index is 12.1. The Hall–Kier alpha value is -1.63. The number of likely N-dealkylation sites (tertiary alicyclic amines) is 1. The SMILES string of the molecule is O=C(NC1CCOCC1)N1CC(n2cc(C3CC3)nn2)C1. The molecule has 1 aromatic rings. The highest BCUT2D eigenvalue weighted by molar-refractivity contribution is 5.75. The fourth-order valence-electron chi connectivity index (χ4n) is 2.93. The highest BCUT2D eigenvalue weighted by atomic mass is 16.5. The van der Waals surface area contributed by atoms with Crippen molar-refractivity contribution in [3.8, 4) is 0 Å². The molecule has 4 rings (SSSR count). The molecule has 0 atom stereocenters. The van der Waals surface area contributed by atoms with Crippen molar-refractivity contribution in [3.05, 3.63) is 11.9 Å². The summed E-state index contributed by atoms with van der Waals surface area (Å²) < 4.78 is 7.22. The smallest absolute Gasteiger partial charge is 0.317 e. The third kappa shape index (κ3) is 2.74. The second-order valence-electron chi connectivity index (χ2n) is 6.29. The van der Waals surface area contributed by atoms with E-state index in [2.05, 4.69) is 21.8 Å². The lowest BCUT2D eigenvalue weighted by atomic mass is 10.1. The maximum Gasteiger partial charge on any atom is 0.317 e. The molecule has 21 heavy (non-hydrogen) atoms. The number of hydrogen-bond acceptors (Lipinski definition) is 4. The first-order chi connectivity index (χ1) is 10.3. The van der Waals surface area contributed by atoms with Crippen molar-refractivity contribution in [2.45, 2.75) is 43.7 Å². The van der Waals surface area contributed by atoms with Gasteiger partial charge in [0.05, 0.1) is 11.7 Å². The number of rotatable bonds is 3. The van der Waals surface area contributed by atoms with E-state index in [9.17, 15) is 4.79 Å². The standard InChI is InChI=1S/C14H21N5O2/c20-14(15-11-3-5-21-6-4-11)18-7-12(8-18)19-9-13(16-17-19)10-1-2-10/h9-12H,1-8H2,(H,15,20). The van der Waals surface area contributed by atoms with Gasteiger partial charge in [0.25, 0.3) is 0 Å². The van der Waals surface area contributed by atoms with Gasteiger partial charge in [-0.1, -0.05) is 5.21 Å². The van der Waals surface area contributed by atoms with Crippen molar-refractivity contribution in [1.82, 2.24) is 25.2 Å². The quantitative estimate of drug-likeness (QED) is 0.898. The molecule has 0 unspecified atom stereocenters. The first-order valence-corrected chi connectivity index (χ1v) is 7.84. The molecule has 0 spiro atoms. The van der Waals surface area contributed by atoms with Gasteiger partial charge < -0.3 is 15.0 Å². The Morgan fingerprint density at radius 2 is 2.00 bits per heavy atom. The molecule has 1 N–H and O–H groups in total. The predicted octanol–water partition coefficient (Wildman–Crippen LogP) is 0.901. The normalized spacial score (nSPS) is 23.9. The fraction of sp³-hybridized carbons (Fsp3) is 0.786. The molecule has 7 nitrogen and oxygen atoms in total. The van der Waals surface area contributed by atoms with Crippen molar-refractivity contribution in [1.29, 1.82) is 0 Å². The van der Waals surface area contributed by atoms with Gasteiger partial charge in [-0.05, 0) is 25.7 Å². The molecule has 2 amide bonds. The summed E-state index contributed by atoms with van der Waals surface area (Å²) >= 11 is 0. The van der Waals surface area contributed by atoms with E-state index in [0.717, 1.165) is 44.8 Å². The van der Waals surface area contributed by atoms with Crippen LogP contribution in [0.3, 0.4) is 0 Å². The highest BCUT2D eigenvalue weighted by Crippen LogP contribution is 2.39. The number of hydrogen-bond donors (Lipinski definition) is 1. The second kappa shape index (κ2) is 5.29. The molecule has 0 radical (unpaired) electrons. The van der Waals surface area contributed by atoms with E-state index in [4.69, 9.17) is 4.74 Å². The molecule has 1 aliphatic carbocycles. The zero-order valence-electron chi connectivity index (χ0n) is 12.1. The molecule has 1 saturated carbocycles. The van der Waals surface area contributed by atoms with E-state index in [1.807, 2.05) is 9.58 Å². The Labute approximate surface area is 123 Å². The molecular formula is C14H21N5O2. The van der Waals surface area contributed by atoms with Gasteiger partial charge in [0.1, 0.15) is 0 Å². The maximum absolute atomic E-state index is 12.1. The number of nitrogens with zero attached hydrogens (tertiary/aromatic N) is 4. The van der Waals surface area contributed by atoms with Crippen LogP contribution >= 0.6 is 0 Å². The van der Waals surface area contributed by atoms with E-state index < -0.39 is 0 Å². The molecule has 0 bridgehead atoms. The summed E-state index contributed by atoms with van der Waals surface area (Å²) in [5.74, 6) is 0.631. The fourth-order valence-corrected chi connectivity index (χ4v) is 2.93. The zero-order chi connectivity index (χ0) is 14.2. The molecule has 3 heterocycles. The summed E-state index contributed by atoms with van der Waals surface area (Å²) in [7, 11) is 0. The minimum Gasteiger partial charge on any atom is -0.381 e. The van der Waals surface area contributed by atoms with Crippen LogP contribution in [-0.2, 0) is 4.74 Å². The average Bonchev–Trinajstić information content (AvgIpc) is 3.18. The molecule has 1 aromatic heterocycles. The second-order valence-corrected chi connectivity index (χ2v) is 6.29. The lowest BCUT2D eigenvalue weighted by Crippen LogP contribution is -2.56. The van der Waals surface area contributed by atoms with Gasteiger partial charge in [0, 0.05) is 44.5 Å². The molecule has 0 aromatic carbocycles. The van der Waals surface area contributed by atoms with E-state index in [1.54, 1.807) is 0 Å². The van der Waals surface area contributed by atoms with Crippen LogP contribution in [0.5, 0.6) is 0 Å². The monoisotopic (exact) mass is 291 g/mol. The largest absolute Gasteiger partial charge is 0.381 e. The van der Waals surface area contributed by atoms with Crippen molar-refractivity contribution >= 4 is 6.03 Å². The summed E-state index contributed by atoms with van der Waals surface area (Å²) in [5.41, 5.74) is 1.11. The van der Waals surface area contributed by atoms with Gasteiger partial charge in [-0.15, -0.1) is 5.10 Å². The van der Waals surface area contributed by atoms with E-state index >= 15 is 0 Å². The lowest BCUT2D eigenvalue weighted by Gasteiger charge is -2.39. The average molecular weight is 291 g/mol. The van der Waals surface area contributed by atoms with E-state index in [1.165, 1.54) is 12.8 Å². The third-order valence-electron chi connectivity index (χ3n) is 4.60.